The monoisotopic (exact) mass is 326 g/mol. The molecule has 0 aromatic heterocycles. The van der Waals surface area contributed by atoms with E-state index < -0.39 is 17.6 Å². The van der Waals surface area contributed by atoms with E-state index in [0.717, 1.165) is 6.07 Å². The van der Waals surface area contributed by atoms with E-state index in [1.54, 1.807) is 0 Å². The molecule has 20 heavy (non-hydrogen) atoms. The summed E-state index contributed by atoms with van der Waals surface area (Å²) in [6.07, 6.45) is -4.58. The van der Waals surface area contributed by atoms with Gasteiger partial charge in [-0.1, -0.05) is 11.6 Å². The third-order valence-corrected chi connectivity index (χ3v) is 3.73. The number of fused-ring (bicyclic) bond motifs is 3. The summed E-state index contributed by atoms with van der Waals surface area (Å²) in [6.45, 7) is 1.45. The van der Waals surface area contributed by atoms with Crippen LogP contribution in [0.3, 0.4) is 0 Å². The van der Waals surface area contributed by atoms with Crippen molar-refractivity contribution in [1.29, 1.82) is 0 Å². The maximum atomic E-state index is 13.0. The lowest BCUT2D eigenvalue weighted by molar-refractivity contribution is -0.137. The van der Waals surface area contributed by atoms with E-state index >= 15 is 0 Å². The van der Waals surface area contributed by atoms with Crippen LogP contribution in [0.25, 0.3) is 0 Å². The van der Waals surface area contributed by atoms with Crippen molar-refractivity contribution in [2.45, 2.75) is 12.2 Å². The summed E-state index contributed by atoms with van der Waals surface area (Å²) < 4.78 is 39.1. The number of nitrogens with zero attached hydrogens (tertiary/aromatic N) is 1. The van der Waals surface area contributed by atoms with E-state index in [4.69, 9.17) is 11.6 Å². The first-order chi connectivity index (χ1) is 8.89. The Morgan fingerprint density at radius 1 is 1.35 bits per heavy atom. The first-order valence-electron chi connectivity index (χ1n) is 5.82. The zero-order chi connectivity index (χ0) is 13.8. The number of halogens is 5. The van der Waals surface area contributed by atoms with E-state index in [2.05, 4.69) is 5.32 Å². The van der Waals surface area contributed by atoms with Crippen LogP contribution in [0.2, 0.25) is 5.02 Å². The van der Waals surface area contributed by atoms with Gasteiger partial charge in [0.2, 0.25) is 0 Å². The number of rotatable bonds is 0. The molecule has 2 heterocycles. The zero-order valence-corrected chi connectivity index (χ0v) is 11.7. The highest BCUT2D eigenvalue weighted by atomic mass is 35.5. The van der Waals surface area contributed by atoms with Crippen LogP contribution in [0.15, 0.2) is 12.1 Å². The SMILES string of the molecule is Cl.O=C1c2c(cc(Cl)cc2C(F)(F)F)[C@@H]2CNCCN12. The van der Waals surface area contributed by atoms with Crippen molar-refractivity contribution >= 4 is 29.9 Å². The Labute approximate surface area is 124 Å². The van der Waals surface area contributed by atoms with Gasteiger partial charge in [-0.05, 0) is 17.7 Å². The number of alkyl halides is 3. The third-order valence-electron chi connectivity index (χ3n) is 3.52. The van der Waals surface area contributed by atoms with Gasteiger partial charge >= 0.3 is 6.18 Å². The van der Waals surface area contributed by atoms with Gasteiger partial charge in [-0.3, -0.25) is 4.79 Å². The minimum Gasteiger partial charge on any atom is -0.329 e. The number of carbonyl (C=O) groups is 1. The van der Waals surface area contributed by atoms with E-state index in [0.29, 0.717) is 25.2 Å². The van der Waals surface area contributed by atoms with Gasteiger partial charge in [-0.25, -0.2) is 0 Å². The standard InChI is InChI=1S/C12H10ClF3N2O.ClH/c13-6-3-7-9-5-17-1-2-18(9)11(19)10(7)8(4-6)12(14,15)16;/h3-4,9,17H,1-2,5H2;1H/t9-;/m0./s1. The van der Waals surface area contributed by atoms with Crippen molar-refractivity contribution < 1.29 is 18.0 Å². The lowest BCUT2D eigenvalue weighted by atomic mass is 9.98. The average molecular weight is 327 g/mol. The quantitative estimate of drug-likeness (QED) is 0.795. The molecule has 0 unspecified atom stereocenters. The Morgan fingerprint density at radius 2 is 2.05 bits per heavy atom. The molecule has 1 saturated heterocycles. The van der Waals surface area contributed by atoms with Gasteiger partial charge in [-0.15, -0.1) is 12.4 Å². The predicted molar refractivity (Wildman–Crippen MR) is 70.3 cm³/mol. The van der Waals surface area contributed by atoms with Gasteiger partial charge in [0.1, 0.15) is 0 Å². The Morgan fingerprint density at radius 3 is 2.70 bits per heavy atom. The normalized spacial score (nSPS) is 21.3. The fourth-order valence-corrected chi connectivity index (χ4v) is 2.95. The summed E-state index contributed by atoms with van der Waals surface area (Å²) in [7, 11) is 0. The summed E-state index contributed by atoms with van der Waals surface area (Å²) in [6, 6.07) is 1.93. The smallest absolute Gasteiger partial charge is 0.329 e. The molecule has 1 amide bonds. The van der Waals surface area contributed by atoms with Crippen LogP contribution in [-0.2, 0) is 6.18 Å². The fraction of sp³-hybridized carbons (Fsp3) is 0.417. The van der Waals surface area contributed by atoms with Crippen LogP contribution < -0.4 is 5.32 Å². The van der Waals surface area contributed by atoms with E-state index in [9.17, 15) is 18.0 Å². The van der Waals surface area contributed by atoms with Crippen molar-refractivity contribution in [3.63, 3.8) is 0 Å². The average Bonchev–Trinajstić information content (AvgIpc) is 2.62. The van der Waals surface area contributed by atoms with Crippen LogP contribution in [0.4, 0.5) is 13.2 Å². The molecule has 110 valence electrons. The Hall–Kier alpha value is -0.980. The molecule has 0 radical (unpaired) electrons. The topological polar surface area (TPSA) is 32.3 Å². The second-order valence-corrected chi connectivity index (χ2v) is 5.07. The van der Waals surface area contributed by atoms with Crippen LogP contribution in [-0.4, -0.2) is 30.4 Å². The minimum atomic E-state index is -4.58. The van der Waals surface area contributed by atoms with Crippen molar-refractivity contribution in [3.05, 3.63) is 33.8 Å². The largest absolute Gasteiger partial charge is 0.417 e. The number of hydrogen-bond acceptors (Lipinski definition) is 2. The van der Waals surface area contributed by atoms with Crippen LogP contribution >= 0.6 is 24.0 Å². The summed E-state index contributed by atoms with van der Waals surface area (Å²) in [5.74, 6) is -0.550. The molecule has 1 aromatic carbocycles. The van der Waals surface area contributed by atoms with Crippen LogP contribution in [0, 0.1) is 0 Å². The Bertz CT molecular complexity index is 562. The molecule has 1 atom stereocenters. The first kappa shape index (κ1) is 15.4. The number of carbonyl (C=O) groups excluding carboxylic acids is 1. The summed E-state index contributed by atoms with van der Waals surface area (Å²) in [5.41, 5.74) is -0.808. The molecule has 8 heteroatoms. The van der Waals surface area contributed by atoms with E-state index in [1.165, 1.54) is 11.0 Å². The lowest BCUT2D eigenvalue weighted by Crippen LogP contribution is -2.44. The molecule has 2 aliphatic rings. The molecule has 0 spiro atoms. The van der Waals surface area contributed by atoms with Crippen molar-refractivity contribution in [2.75, 3.05) is 19.6 Å². The maximum Gasteiger partial charge on any atom is 0.417 e. The van der Waals surface area contributed by atoms with Gasteiger partial charge in [0.25, 0.3) is 5.91 Å². The number of amides is 1. The molecule has 3 rings (SSSR count). The summed E-state index contributed by atoms with van der Waals surface area (Å²) in [5, 5.41) is 3.08. The lowest BCUT2D eigenvalue weighted by Gasteiger charge is -2.30. The highest BCUT2D eigenvalue weighted by Gasteiger charge is 2.45. The van der Waals surface area contributed by atoms with Crippen LogP contribution in [0.5, 0.6) is 0 Å². The van der Waals surface area contributed by atoms with Gasteiger partial charge < -0.3 is 10.2 Å². The molecule has 1 N–H and O–H groups in total. The number of piperazine rings is 1. The molecular weight excluding hydrogens is 316 g/mol. The Kier molecular flexibility index (Phi) is 3.92. The molecule has 0 saturated carbocycles. The first-order valence-corrected chi connectivity index (χ1v) is 6.19. The molecule has 0 bridgehead atoms. The van der Waals surface area contributed by atoms with Crippen molar-refractivity contribution in [2.24, 2.45) is 0 Å². The van der Waals surface area contributed by atoms with Gasteiger partial charge in [0.05, 0.1) is 17.2 Å². The maximum absolute atomic E-state index is 13.0. The molecule has 1 aromatic rings. The fourth-order valence-electron chi connectivity index (χ4n) is 2.72. The summed E-state index contributed by atoms with van der Waals surface area (Å²) >= 11 is 5.76. The molecule has 3 nitrogen and oxygen atoms in total. The van der Waals surface area contributed by atoms with Gasteiger partial charge in [0.15, 0.2) is 0 Å². The molecule has 2 aliphatic heterocycles. The van der Waals surface area contributed by atoms with Gasteiger partial charge in [0, 0.05) is 24.7 Å². The second-order valence-electron chi connectivity index (χ2n) is 4.63. The molecular formula is C12H11Cl2F3N2O. The minimum absolute atomic E-state index is 0. The summed E-state index contributed by atoms with van der Waals surface area (Å²) in [4.78, 5) is 13.6. The van der Waals surface area contributed by atoms with Crippen molar-refractivity contribution in [3.8, 4) is 0 Å². The number of benzene rings is 1. The highest BCUT2D eigenvalue weighted by Crippen LogP contribution is 2.43. The van der Waals surface area contributed by atoms with E-state index in [1.807, 2.05) is 0 Å². The van der Waals surface area contributed by atoms with Crippen molar-refractivity contribution in [1.82, 2.24) is 10.2 Å². The molecule has 0 aliphatic carbocycles. The third kappa shape index (κ3) is 2.25. The molecule has 1 fully saturated rings. The van der Waals surface area contributed by atoms with E-state index in [-0.39, 0.29) is 29.0 Å². The van der Waals surface area contributed by atoms with Crippen LogP contribution in [0.1, 0.15) is 27.5 Å². The highest BCUT2D eigenvalue weighted by molar-refractivity contribution is 6.31. The Balaban J connectivity index is 0.00000147. The second kappa shape index (κ2) is 5.09. The van der Waals surface area contributed by atoms with Gasteiger partial charge in [-0.2, -0.15) is 13.2 Å². The number of hydrogen-bond donors (Lipinski definition) is 1. The predicted octanol–water partition coefficient (Wildman–Crippen LogP) is 2.88. The number of nitrogens with one attached hydrogen (secondary N) is 1. The zero-order valence-electron chi connectivity index (χ0n) is 10.1.